The van der Waals surface area contributed by atoms with Crippen molar-refractivity contribution in [1.29, 1.82) is 0 Å². The standard InChI is InChI=1S/C9H11BrCl2OSi/c1-14(2,3)13-9-7(11)4-6(10)5-8(9)12/h4-5H,1-3H3. The molecule has 0 radical (unpaired) electrons. The fraction of sp³-hybridized carbons (Fsp3) is 0.333. The molecule has 1 aromatic carbocycles. The monoisotopic (exact) mass is 312 g/mol. The second-order valence-electron chi connectivity index (χ2n) is 3.91. The van der Waals surface area contributed by atoms with Crippen LogP contribution in [0.15, 0.2) is 16.6 Å². The van der Waals surface area contributed by atoms with Crippen molar-refractivity contribution in [2.45, 2.75) is 19.6 Å². The molecular formula is C9H11BrCl2OSi. The molecule has 1 rings (SSSR count). The van der Waals surface area contributed by atoms with Crippen LogP contribution in [0.25, 0.3) is 0 Å². The Morgan fingerprint density at radius 1 is 1.14 bits per heavy atom. The SMILES string of the molecule is C[Si](C)(C)Oc1c(Cl)cc(Br)cc1Cl. The van der Waals surface area contributed by atoms with E-state index in [0.717, 1.165) is 4.47 Å². The summed E-state index contributed by atoms with van der Waals surface area (Å²) in [6, 6.07) is 3.56. The van der Waals surface area contributed by atoms with Crippen molar-refractivity contribution in [2.75, 3.05) is 0 Å². The van der Waals surface area contributed by atoms with Gasteiger partial charge in [0.15, 0.2) is 0 Å². The Balaban J connectivity index is 3.09. The molecule has 78 valence electrons. The molecule has 0 bridgehead atoms. The molecule has 0 heterocycles. The number of benzene rings is 1. The Bertz CT molecular complexity index is 326. The van der Waals surface area contributed by atoms with E-state index in [1.807, 2.05) is 0 Å². The maximum atomic E-state index is 6.02. The van der Waals surface area contributed by atoms with Crippen LogP contribution in [0.5, 0.6) is 5.75 Å². The smallest absolute Gasteiger partial charge is 0.242 e. The average molecular weight is 314 g/mol. The first-order chi connectivity index (χ1) is 6.29. The minimum Gasteiger partial charge on any atom is -0.542 e. The van der Waals surface area contributed by atoms with Gasteiger partial charge in [-0.05, 0) is 31.8 Å². The van der Waals surface area contributed by atoms with Crippen molar-refractivity contribution in [3.8, 4) is 5.75 Å². The third-order valence-corrected chi connectivity index (χ3v) is 3.21. The highest BCUT2D eigenvalue weighted by molar-refractivity contribution is 9.10. The summed E-state index contributed by atoms with van der Waals surface area (Å²) in [6.07, 6.45) is 0. The molecule has 1 nitrogen and oxygen atoms in total. The zero-order valence-electron chi connectivity index (χ0n) is 8.20. The maximum absolute atomic E-state index is 6.02. The van der Waals surface area contributed by atoms with Gasteiger partial charge in [-0.3, -0.25) is 0 Å². The highest BCUT2D eigenvalue weighted by Crippen LogP contribution is 2.37. The predicted molar refractivity (Wildman–Crippen MR) is 68.1 cm³/mol. The summed E-state index contributed by atoms with van der Waals surface area (Å²) in [5.41, 5.74) is 0. The molecule has 0 N–H and O–H groups in total. The lowest BCUT2D eigenvalue weighted by Crippen LogP contribution is -2.29. The van der Waals surface area contributed by atoms with Crippen LogP contribution in [0.1, 0.15) is 0 Å². The molecule has 0 aliphatic carbocycles. The van der Waals surface area contributed by atoms with Crippen molar-refractivity contribution < 1.29 is 4.43 Å². The fourth-order valence-electron chi connectivity index (χ4n) is 0.933. The Morgan fingerprint density at radius 3 is 1.93 bits per heavy atom. The van der Waals surface area contributed by atoms with Crippen molar-refractivity contribution in [3.05, 3.63) is 26.7 Å². The van der Waals surface area contributed by atoms with E-state index in [2.05, 4.69) is 35.6 Å². The van der Waals surface area contributed by atoms with Crippen LogP contribution < -0.4 is 4.43 Å². The number of halogens is 3. The van der Waals surface area contributed by atoms with Gasteiger partial charge in [0.1, 0.15) is 5.75 Å². The van der Waals surface area contributed by atoms with Crippen LogP contribution in [0, 0.1) is 0 Å². The Morgan fingerprint density at radius 2 is 1.57 bits per heavy atom. The molecular weight excluding hydrogens is 303 g/mol. The topological polar surface area (TPSA) is 9.23 Å². The van der Waals surface area contributed by atoms with E-state index in [0.29, 0.717) is 15.8 Å². The first-order valence-electron chi connectivity index (χ1n) is 4.13. The van der Waals surface area contributed by atoms with Gasteiger partial charge >= 0.3 is 0 Å². The van der Waals surface area contributed by atoms with Crippen LogP contribution >= 0.6 is 39.1 Å². The van der Waals surface area contributed by atoms with Crippen LogP contribution in [0.2, 0.25) is 29.7 Å². The summed E-state index contributed by atoms with van der Waals surface area (Å²) >= 11 is 15.4. The molecule has 0 aliphatic heterocycles. The molecule has 0 aliphatic rings. The predicted octanol–water partition coefficient (Wildman–Crippen LogP) is 4.97. The van der Waals surface area contributed by atoms with Gasteiger partial charge in [-0.25, -0.2) is 0 Å². The zero-order chi connectivity index (χ0) is 10.9. The third kappa shape index (κ3) is 3.46. The highest BCUT2D eigenvalue weighted by atomic mass is 79.9. The Hall–Kier alpha value is 0.297. The molecule has 0 saturated heterocycles. The number of hydrogen-bond donors (Lipinski definition) is 0. The second-order valence-corrected chi connectivity index (χ2v) is 10.1. The van der Waals surface area contributed by atoms with E-state index in [9.17, 15) is 0 Å². The van der Waals surface area contributed by atoms with Crippen molar-refractivity contribution in [3.63, 3.8) is 0 Å². The summed E-state index contributed by atoms with van der Waals surface area (Å²) in [6.45, 7) is 6.26. The molecule has 0 saturated carbocycles. The minimum atomic E-state index is -1.66. The van der Waals surface area contributed by atoms with Crippen molar-refractivity contribution >= 4 is 47.4 Å². The molecule has 5 heteroatoms. The van der Waals surface area contributed by atoms with E-state index in [-0.39, 0.29) is 0 Å². The molecule has 0 amide bonds. The molecule has 0 spiro atoms. The van der Waals surface area contributed by atoms with E-state index in [1.165, 1.54) is 0 Å². The van der Waals surface area contributed by atoms with E-state index < -0.39 is 8.32 Å². The molecule has 0 atom stereocenters. The van der Waals surface area contributed by atoms with E-state index in [4.69, 9.17) is 27.6 Å². The van der Waals surface area contributed by atoms with Gasteiger partial charge in [-0.1, -0.05) is 39.1 Å². The van der Waals surface area contributed by atoms with Crippen LogP contribution in [-0.2, 0) is 0 Å². The molecule has 0 fully saturated rings. The molecule has 14 heavy (non-hydrogen) atoms. The molecule has 1 aromatic rings. The van der Waals surface area contributed by atoms with Crippen molar-refractivity contribution in [1.82, 2.24) is 0 Å². The summed E-state index contributed by atoms with van der Waals surface area (Å²) in [4.78, 5) is 0. The van der Waals surface area contributed by atoms with E-state index >= 15 is 0 Å². The second kappa shape index (κ2) is 4.43. The molecule has 0 aromatic heterocycles. The number of hydrogen-bond acceptors (Lipinski definition) is 1. The summed E-state index contributed by atoms with van der Waals surface area (Å²) in [5.74, 6) is 0.593. The van der Waals surface area contributed by atoms with Gasteiger partial charge in [0, 0.05) is 4.47 Å². The first-order valence-corrected chi connectivity index (χ1v) is 9.09. The van der Waals surface area contributed by atoms with E-state index in [1.54, 1.807) is 12.1 Å². The number of rotatable bonds is 2. The quantitative estimate of drug-likeness (QED) is 0.700. The lowest BCUT2D eigenvalue weighted by atomic mass is 10.3. The van der Waals surface area contributed by atoms with Gasteiger partial charge in [0.25, 0.3) is 0 Å². The summed E-state index contributed by atoms with van der Waals surface area (Å²) in [5, 5.41) is 1.10. The maximum Gasteiger partial charge on any atom is 0.242 e. The Labute approximate surface area is 104 Å². The largest absolute Gasteiger partial charge is 0.542 e. The van der Waals surface area contributed by atoms with Crippen LogP contribution in [0.3, 0.4) is 0 Å². The van der Waals surface area contributed by atoms with Crippen LogP contribution in [0.4, 0.5) is 0 Å². The fourth-order valence-corrected chi connectivity index (χ4v) is 3.18. The minimum absolute atomic E-state index is 0.548. The third-order valence-electron chi connectivity index (χ3n) is 1.37. The summed E-state index contributed by atoms with van der Waals surface area (Å²) < 4.78 is 6.63. The lowest BCUT2D eigenvalue weighted by molar-refractivity contribution is 0.558. The van der Waals surface area contributed by atoms with Gasteiger partial charge in [0.05, 0.1) is 10.0 Å². The Kier molecular flexibility index (Phi) is 3.92. The molecule has 0 unspecified atom stereocenters. The van der Waals surface area contributed by atoms with Gasteiger partial charge in [-0.2, -0.15) is 0 Å². The normalized spacial score (nSPS) is 11.6. The highest BCUT2D eigenvalue weighted by Gasteiger charge is 2.20. The van der Waals surface area contributed by atoms with Gasteiger partial charge < -0.3 is 4.43 Å². The lowest BCUT2D eigenvalue weighted by Gasteiger charge is -2.21. The van der Waals surface area contributed by atoms with Crippen molar-refractivity contribution in [2.24, 2.45) is 0 Å². The average Bonchev–Trinajstić information content (AvgIpc) is 1.95. The first kappa shape index (κ1) is 12.4. The van der Waals surface area contributed by atoms with Gasteiger partial charge in [0.2, 0.25) is 8.32 Å². The van der Waals surface area contributed by atoms with Gasteiger partial charge in [-0.15, -0.1) is 0 Å². The van der Waals surface area contributed by atoms with Crippen LogP contribution in [-0.4, -0.2) is 8.32 Å². The zero-order valence-corrected chi connectivity index (χ0v) is 12.3. The summed E-state index contributed by atoms with van der Waals surface area (Å²) in [7, 11) is -1.66.